The van der Waals surface area contributed by atoms with Crippen LogP contribution in [0.5, 0.6) is 0 Å². The molecule has 0 saturated heterocycles. The van der Waals surface area contributed by atoms with E-state index in [1.165, 1.54) is 12.1 Å². The minimum atomic E-state index is -0.635. The number of nitrogens with zero attached hydrogens (tertiary/aromatic N) is 3. The van der Waals surface area contributed by atoms with Gasteiger partial charge >= 0.3 is 5.69 Å². The lowest BCUT2D eigenvalue weighted by Crippen LogP contribution is -2.35. The summed E-state index contributed by atoms with van der Waals surface area (Å²) in [6.45, 7) is 6.05. The lowest BCUT2D eigenvalue weighted by Gasteiger charge is -2.31. The second kappa shape index (κ2) is 6.30. The van der Waals surface area contributed by atoms with Crippen molar-refractivity contribution in [1.82, 2.24) is 4.98 Å². The number of aromatic nitrogens is 1. The first-order valence-corrected chi connectivity index (χ1v) is 6.22. The summed E-state index contributed by atoms with van der Waals surface area (Å²) in [6.07, 6.45) is 0.518. The van der Waals surface area contributed by atoms with E-state index >= 15 is 0 Å². The number of nitriles is 1. The summed E-state index contributed by atoms with van der Waals surface area (Å²) in [5.74, 6) is 0.389. The van der Waals surface area contributed by atoms with Crippen molar-refractivity contribution in [3.63, 3.8) is 0 Å². The zero-order valence-corrected chi connectivity index (χ0v) is 11.8. The van der Waals surface area contributed by atoms with Gasteiger partial charge in [-0.3, -0.25) is 10.1 Å². The number of aliphatic hydroxyl groups is 1. The van der Waals surface area contributed by atoms with Crippen LogP contribution in [0.2, 0.25) is 0 Å². The fraction of sp³-hybridized carbons (Fsp3) is 0.538. The highest BCUT2D eigenvalue weighted by Gasteiger charge is 2.25. The zero-order valence-electron chi connectivity index (χ0n) is 11.8. The molecule has 0 saturated carbocycles. The lowest BCUT2D eigenvalue weighted by molar-refractivity contribution is -0.385. The van der Waals surface area contributed by atoms with Gasteiger partial charge in [-0.1, -0.05) is 20.8 Å². The van der Waals surface area contributed by atoms with Crippen LogP contribution in [0.1, 0.15) is 32.9 Å². The number of nitrogens with one attached hydrogen (secondary N) is 1. The molecule has 0 aliphatic heterocycles. The van der Waals surface area contributed by atoms with Crippen LogP contribution in [-0.4, -0.2) is 27.7 Å². The highest BCUT2D eigenvalue weighted by atomic mass is 16.6. The van der Waals surface area contributed by atoms with Gasteiger partial charge in [-0.05, 0) is 17.9 Å². The zero-order chi connectivity index (χ0) is 15.3. The van der Waals surface area contributed by atoms with Crippen molar-refractivity contribution in [2.45, 2.75) is 33.2 Å². The van der Waals surface area contributed by atoms with Crippen molar-refractivity contribution in [1.29, 1.82) is 5.26 Å². The molecule has 1 rings (SSSR count). The van der Waals surface area contributed by atoms with Crippen LogP contribution in [-0.2, 0) is 0 Å². The van der Waals surface area contributed by atoms with E-state index in [2.05, 4.69) is 10.3 Å². The first-order chi connectivity index (χ1) is 9.29. The number of hydrogen-bond acceptors (Lipinski definition) is 6. The van der Waals surface area contributed by atoms with E-state index in [1.807, 2.05) is 20.8 Å². The van der Waals surface area contributed by atoms with Gasteiger partial charge in [0.25, 0.3) is 0 Å². The summed E-state index contributed by atoms with van der Waals surface area (Å²) in [7, 11) is 0. The quantitative estimate of drug-likeness (QED) is 0.629. The van der Waals surface area contributed by atoms with Crippen molar-refractivity contribution in [2.75, 3.05) is 11.9 Å². The molecule has 7 heteroatoms. The fourth-order valence-electron chi connectivity index (χ4n) is 1.79. The molecule has 0 bridgehead atoms. The van der Waals surface area contributed by atoms with Gasteiger partial charge in [0.1, 0.15) is 11.9 Å². The van der Waals surface area contributed by atoms with E-state index in [1.54, 1.807) is 6.07 Å². The third-order valence-corrected chi connectivity index (χ3v) is 2.96. The Bertz CT molecular complexity index is 531. The molecule has 7 nitrogen and oxygen atoms in total. The Morgan fingerprint density at radius 3 is 2.65 bits per heavy atom. The molecule has 1 aromatic heterocycles. The highest BCUT2D eigenvalue weighted by molar-refractivity contribution is 5.50. The average Bonchev–Trinajstić information content (AvgIpc) is 2.36. The highest BCUT2D eigenvalue weighted by Crippen LogP contribution is 2.26. The minimum Gasteiger partial charge on any atom is -0.396 e. The molecule has 0 aromatic carbocycles. The van der Waals surface area contributed by atoms with Crippen molar-refractivity contribution < 1.29 is 10.0 Å². The molecule has 20 heavy (non-hydrogen) atoms. The fourth-order valence-corrected chi connectivity index (χ4v) is 1.79. The second-order valence-electron chi connectivity index (χ2n) is 5.51. The molecule has 108 valence electrons. The monoisotopic (exact) mass is 278 g/mol. The van der Waals surface area contributed by atoms with E-state index in [9.17, 15) is 10.1 Å². The molecule has 0 amide bonds. The number of aliphatic hydroxyl groups excluding tert-OH is 1. The summed E-state index contributed by atoms with van der Waals surface area (Å²) in [5.41, 5.74) is -0.664. The van der Waals surface area contributed by atoms with Crippen LogP contribution >= 0.6 is 0 Å². The van der Waals surface area contributed by atoms with Crippen LogP contribution in [0, 0.1) is 26.9 Å². The van der Waals surface area contributed by atoms with Crippen LogP contribution in [0.4, 0.5) is 11.5 Å². The molecule has 0 radical (unpaired) electrons. The smallest absolute Gasteiger partial charge is 0.305 e. The first-order valence-electron chi connectivity index (χ1n) is 6.22. The molecular weight excluding hydrogens is 260 g/mol. The van der Waals surface area contributed by atoms with Gasteiger partial charge in [-0.15, -0.1) is 0 Å². The number of pyridine rings is 1. The molecule has 1 aromatic rings. The maximum atomic E-state index is 10.7. The van der Waals surface area contributed by atoms with Crippen molar-refractivity contribution >= 4 is 11.5 Å². The largest absolute Gasteiger partial charge is 0.396 e. The summed E-state index contributed by atoms with van der Waals surface area (Å²) < 4.78 is 0. The summed E-state index contributed by atoms with van der Waals surface area (Å²) in [5, 5.41) is 31.9. The molecule has 1 heterocycles. The van der Waals surface area contributed by atoms with Gasteiger partial charge < -0.3 is 10.4 Å². The Labute approximate surface area is 117 Å². The van der Waals surface area contributed by atoms with Crippen LogP contribution in [0.25, 0.3) is 0 Å². The molecule has 0 spiro atoms. The normalized spacial score (nSPS) is 12.6. The molecule has 1 atom stereocenters. The molecule has 0 aliphatic rings. The summed E-state index contributed by atoms with van der Waals surface area (Å²) >= 11 is 0. The number of nitro groups is 1. The predicted octanol–water partition coefficient (Wildman–Crippen LogP) is 2.07. The van der Waals surface area contributed by atoms with Crippen molar-refractivity contribution in [3.05, 3.63) is 27.9 Å². The molecule has 1 unspecified atom stereocenters. The summed E-state index contributed by atoms with van der Waals surface area (Å²) in [6, 6.07) is 4.38. The maximum absolute atomic E-state index is 10.7. The Morgan fingerprint density at radius 1 is 1.55 bits per heavy atom. The number of hydrogen-bond donors (Lipinski definition) is 2. The lowest BCUT2D eigenvalue weighted by atomic mass is 9.85. The molecule has 2 N–H and O–H groups in total. The Morgan fingerprint density at radius 2 is 2.20 bits per heavy atom. The predicted molar refractivity (Wildman–Crippen MR) is 74.2 cm³/mol. The van der Waals surface area contributed by atoms with Crippen molar-refractivity contribution in [2.24, 2.45) is 5.41 Å². The third-order valence-electron chi connectivity index (χ3n) is 2.96. The minimum absolute atomic E-state index is 0.0209. The van der Waals surface area contributed by atoms with Gasteiger partial charge in [-0.2, -0.15) is 5.26 Å². The molecule has 0 aliphatic carbocycles. The number of rotatable bonds is 5. The Balaban J connectivity index is 3.03. The molecule has 0 fully saturated rings. The third kappa shape index (κ3) is 3.90. The Hall–Kier alpha value is -2.20. The number of anilines is 1. The first kappa shape index (κ1) is 15.9. The van der Waals surface area contributed by atoms with Gasteiger partial charge in [0.15, 0.2) is 0 Å². The van der Waals surface area contributed by atoms with Gasteiger partial charge in [-0.25, -0.2) is 4.98 Å². The van der Waals surface area contributed by atoms with E-state index in [4.69, 9.17) is 10.4 Å². The van der Waals surface area contributed by atoms with Gasteiger partial charge in [0.2, 0.25) is 5.69 Å². The standard InChI is InChI=1S/C13H18N4O3/c1-13(2,3)11(6-7-18)16-12-5-4-10(17(19)20)9(8-14)15-12/h4-5,11,18H,6-7H2,1-3H3,(H,15,16). The van der Waals surface area contributed by atoms with E-state index in [-0.39, 0.29) is 29.4 Å². The SMILES string of the molecule is CC(C)(C)C(CCO)Nc1ccc([N+](=O)[O-])c(C#N)n1. The molecular formula is C13H18N4O3. The van der Waals surface area contributed by atoms with E-state index in [0.29, 0.717) is 12.2 Å². The van der Waals surface area contributed by atoms with Crippen LogP contribution in [0.3, 0.4) is 0 Å². The van der Waals surface area contributed by atoms with Gasteiger partial charge in [0, 0.05) is 18.7 Å². The maximum Gasteiger partial charge on any atom is 0.305 e. The average molecular weight is 278 g/mol. The summed E-state index contributed by atoms with van der Waals surface area (Å²) in [4.78, 5) is 14.1. The second-order valence-corrected chi connectivity index (χ2v) is 5.51. The van der Waals surface area contributed by atoms with Crippen LogP contribution < -0.4 is 5.32 Å². The van der Waals surface area contributed by atoms with Crippen molar-refractivity contribution in [3.8, 4) is 6.07 Å². The van der Waals surface area contributed by atoms with E-state index < -0.39 is 4.92 Å². The van der Waals surface area contributed by atoms with Crippen LogP contribution in [0.15, 0.2) is 12.1 Å². The van der Waals surface area contributed by atoms with E-state index in [0.717, 1.165) is 0 Å². The van der Waals surface area contributed by atoms with Gasteiger partial charge in [0.05, 0.1) is 4.92 Å². The topological polar surface area (TPSA) is 112 Å². The Kier molecular flexibility index (Phi) is 5.00.